The van der Waals surface area contributed by atoms with Gasteiger partial charge in [0.1, 0.15) is 0 Å². The molecule has 0 unspecified atom stereocenters. The Kier molecular flexibility index (Phi) is 3.39. The first-order chi connectivity index (χ1) is 5.83. The van der Waals surface area contributed by atoms with Crippen LogP contribution in [0.25, 0.3) is 0 Å². The van der Waals surface area contributed by atoms with E-state index >= 15 is 0 Å². The van der Waals surface area contributed by atoms with Crippen molar-refractivity contribution >= 4 is 0 Å². The number of hydrogen-bond donors (Lipinski definition) is 0. The zero-order valence-corrected chi connectivity index (χ0v) is 7.58. The van der Waals surface area contributed by atoms with Crippen molar-refractivity contribution in [2.24, 2.45) is 0 Å². The van der Waals surface area contributed by atoms with E-state index < -0.39 is 0 Å². The van der Waals surface area contributed by atoms with Gasteiger partial charge in [-0.05, 0) is 24.5 Å². The molecular weight excluding hydrogens is 148 g/mol. The summed E-state index contributed by atoms with van der Waals surface area (Å²) in [7, 11) is 1.68. The molecule has 0 saturated carbocycles. The zero-order chi connectivity index (χ0) is 8.81. The van der Waals surface area contributed by atoms with Gasteiger partial charge in [0.2, 0.25) is 0 Å². The van der Waals surface area contributed by atoms with Gasteiger partial charge in [-0.1, -0.05) is 30.3 Å². The van der Waals surface area contributed by atoms with E-state index in [1.54, 1.807) is 13.4 Å². The van der Waals surface area contributed by atoms with Gasteiger partial charge in [-0.15, -0.1) is 0 Å². The third-order valence-corrected chi connectivity index (χ3v) is 1.64. The molecule has 0 fully saturated rings. The molecule has 64 valence electrons. The van der Waals surface area contributed by atoms with Crippen LogP contribution < -0.4 is 0 Å². The Morgan fingerprint density at radius 2 is 2.00 bits per heavy atom. The van der Waals surface area contributed by atoms with E-state index in [2.05, 4.69) is 31.2 Å². The summed E-state index contributed by atoms with van der Waals surface area (Å²) in [5.74, 6) is 0. The van der Waals surface area contributed by atoms with E-state index in [0.717, 1.165) is 6.42 Å². The fourth-order valence-electron chi connectivity index (χ4n) is 1.16. The molecule has 0 radical (unpaired) electrons. The minimum atomic E-state index is 0.967. The van der Waals surface area contributed by atoms with Gasteiger partial charge in [-0.25, -0.2) is 0 Å². The molecule has 1 aromatic carbocycles. The minimum Gasteiger partial charge on any atom is -0.504 e. The second-order valence-electron chi connectivity index (χ2n) is 2.86. The maximum absolute atomic E-state index is 4.91. The highest BCUT2D eigenvalue weighted by Crippen LogP contribution is 2.06. The summed E-state index contributed by atoms with van der Waals surface area (Å²) in [6.45, 7) is 2.07. The summed E-state index contributed by atoms with van der Waals surface area (Å²) in [5, 5.41) is 0. The fraction of sp³-hybridized carbons (Fsp3) is 0.273. The van der Waals surface area contributed by atoms with Crippen LogP contribution in [-0.4, -0.2) is 7.11 Å². The maximum Gasteiger partial charge on any atom is 0.0817 e. The quantitative estimate of drug-likeness (QED) is 0.621. The number of allylic oxidation sites excluding steroid dienone is 1. The smallest absolute Gasteiger partial charge is 0.0817 e. The van der Waals surface area contributed by atoms with Gasteiger partial charge >= 0.3 is 0 Å². The summed E-state index contributed by atoms with van der Waals surface area (Å²) in [6.07, 6.45) is 2.75. The monoisotopic (exact) mass is 162 g/mol. The fourth-order valence-corrected chi connectivity index (χ4v) is 1.16. The van der Waals surface area contributed by atoms with Crippen molar-refractivity contribution in [3.8, 4) is 0 Å². The normalized spacial score (nSPS) is 11.3. The number of methoxy groups -OCH3 is 1. The molecule has 0 N–H and O–H groups in total. The summed E-state index contributed by atoms with van der Waals surface area (Å²) in [6, 6.07) is 10.4. The molecule has 1 heteroatoms. The molecule has 0 aliphatic carbocycles. The summed E-state index contributed by atoms with van der Waals surface area (Å²) in [5.41, 5.74) is 2.56. The van der Waals surface area contributed by atoms with Gasteiger partial charge in [0.05, 0.1) is 13.4 Å². The molecule has 0 saturated heterocycles. The van der Waals surface area contributed by atoms with Crippen molar-refractivity contribution in [3.05, 3.63) is 47.7 Å². The molecule has 0 heterocycles. The SMILES string of the molecule is COC=C(C)Cc1ccccc1. The van der Waals surface area contributed by atoms with E-state index in [0.29, 0.717) is 0 Å². The van der Waals surface area contributed by atoms with Crippen LogP contribution >= 0.6 is 0 Å². The molecule has 12 heavy (non-hydrogen) atoms. The second kappa shape index (κ2) is 4.60. The summed E-state index contributed by atoms with van der Waals surface area (Å²) in [4.78, 5) is 0. The standard InChI is InChI=1S/C11H14O/c1-10(9-12-2)8-11-6-4-3-5-7-11/h3-7,9H,8H2,1-2H3. The van der Waals surface area contributed by atoms with E-state index in [1.165, 1.54) is 11.1 Å². The molecule has 0 bridgehead atoms. The summed E-state index contributed by atoms with van der Waals surface area (Å²) < 4.78 is 4.91. The van der Waals surface area contributed by atoms with Crippen molar-refractivity contribution in [2.75, 3.05) is 7.11 Å². The second-order valence-corrected chi connectivity index (χ2v) is 2.86. The topological polar surface area (TPSA) is 9.23 Å². The average molecular weight is 162 g/mol. The molecule has 0 aromatic heterocycles. The Morgan fingerprint density at radius 1 is 1.33 bits per heavy atom. The van der Waals surface area contributed by atoms with Crippen LogP contribution in [0.2, 0.25) is 0 Å². The van der Waals surface area contributed by atoms with Gasteiger partial charge in [-0.3, -0.25) is 0 Å². The molecule has 1 nitrogen and oxygen atoms in total. The summed E-state index contributed by atoms with van der Waals surface area (Å²) >= 11 is 0. The van der Waals surface area contributed by atoms with Gasteiger partial charge in [0.15, 0.2) is 0 Å². The van der Waals surface area contributed by atoms with Crippen molar-refractivity contribution in [3.63, 3.8) is 0 Å². The van der Waals surface area contributed by atoms with Crippen LogP contribution in [0, 0.1) is 0 Å². The van der Waals surface area contributed by atoms with Crippen molar-refractivity contribution in [1.82, 2.24) is 0 Å². The minimum absolute atomic E-state index is 0.967. The number of hydrogen-bond acceptors (Lipinski definition) is 1. The van der Waals surface area contributed by atoms with Crippen molar-refractivity contribution in [1.29, 1.82) is 0 Å². The van der Waals surface area contributed by atoms with Crippen LogP contribution in [0.4, 0.5) is 0 Å². The lowest BCUT2D eigenvalue weighted by atomic mass is 10.1. The van der Waals surface area contributed by atoms with E-state index in [4.69, 9.17) is 4.74 Å². The first-order valence-electron chi connectivity index (χ1n) is 4.05. The molecule has 1 rings (SSSR count). The van der Waals surface area contributed by atoms with E-state index in [-0.39, 0.29) is 0 Å². The van der Waals surface area contributed by atoms with Gasteiger partial charge in [0, 0.05) is 0 Å². The molecule has 0 amide bonds. The van der Waals surface area contributed by atoms with Gasteiger partial charge in [0.25, 0.3) is 0 Å². The first-order valence-corrected chi connectivity index (χ1v) is 4.05. The third-order valence-electron chi connectivity index (χ3n) is 1.64. The molecular formula is C11H14O. The van der Waals surface area contributed by atoms with E-state index in [9.17, 15) is 0 Å². The molecule has 0 atom stereocenters. The van der Waals surface area contributed by atoms with E-state index in [1.807, 2.05) is 6.07 Å². The number of benzene rings is 1. The zero-order valence-electron chi connectivity index (χ0n) is 7.58. The Labute approximate surface area is 73.7 Å². The lowest BCUT2D eigenvalue weighted by Crippen LogP contribution is -1.86. The van der Waals surface area contributed by atoms with Crippen LogP contribution in [0.3, 0.4) is 0 Å². The lowest BCUT2D eigenvalue weighted by Gasteiger charge is -2.00. The highest BCUT2D eigenvalue weighted by Gasteiger charge is 1.92. The predicted octanol–water partition coefficient (Wildman–Crippen LogP) is 2.78. The molecule has 1 aromatic rings. The predicted molar refractivity (Wildman–Crippen MR) is 50.9 cm³/mol. The van der Waals surface area contributed by atoms with Crippen LogP contribution in [0.5, 0.6) is 0 Å². The highest BCUT2D eigenvalue weighted by molar-refractivity contribution is 5.20. The first kappa shape index (κ1) is 8.85. The molecule has 0 spiro atoms. The third kappa shape index (κ3) is 2.79. The van der Waals surface area contributed by atoms with Crippen molar-refractivity contribution < 1.29 is 4.74 Å². The molecule has 0 aliphatic rings. The Hall–Kier alpha value is -1.24. The largest absolute Gasteiger partial charge is 0.504 e. The van der Waals surface area contributed by atoms with Crippen LogP contribution in [-0.2, 0) is 11.2 Å². The average Bonchev–Trinajstić information content (AvgIpc) is 2.06. The van der Waals surface area contributed by atoms with Gasteiger partial charge in [-0.2, -0.15) is 0 Å². The Balaban J connectivity index is 2.58. The van der Waals surface area contributed by atoms with Crippen LogP contribution in [0.15, 0.2) is 42.2 Å². The Bertz CT molecular complexity index is 249. The lowest BCUT2D eigenvalue weighted by molar-refractivity contribution is 0.333. The number of rotatable bonds is 3. The van der Waals surface area contributed by atoms with Gasteiger partial charge < -0.3 is 4.74 Å². The highest BCUT2D eigenvalue weighted by atomic mass is 16.5. The number of ether oxygens (including phenoxy) is 1. The Morgan fingerprint density at radius 3 is 2.58 bits per heavy atom. The maximum atomic E-state index is 4.91. The molecule has 0 aliphatic heterocycles. The van der Waals surface area contributed by atoms with Crippen molar-refractivity contribution in [2.45, 2.75) is 13.3 Å². The van der Waals surface area contributed by atoms with Crippen LogP contribution in [0.1, 0.15) is 12.5 Å².